The Kier molecular flexibility index (Phi) is 8.98. The van der Waals surface area contributed by atoms with Crippen LogP contribution in [0.2, 0.25) is 5.02 Å². The lowest BCUT2D eigenvalue weighted by molar-refractivity contribution is 0.680. The zero-order chi connectivity index (χ0) is 9.52. The summed E-state index contributed by atoms with van der Waals surface area (Å²) in [4.78, 5) is 0. The fraction of sp³-hybridized carbons (Fsp3) is 0.400. The van der Waals surface area contributed by atoms with Gasteiger partial charge in [-0.2, -0.15) is 0 Å². The van der Waals surface area contributed by atoms with Gasteiger partial charge in [0.2, 0.25) is 0 Å². The van der Waals surface area contributed by atoms with Crippen molar-refractivity contribution in [1.82, 2.24) is 5.32 Å². The molecule has 0 amide bonds. The first kappa shape index (κ1) is 14.4. The summed E-state index contributed by atoms with van der Waals surface area (Å²) in [6.07, 6.45) is 1.14. The molecule has 0 unspecified atom stereocenters. The molecule has 4 heteroatoms. The highest BCUT2D eigenvalue weighted by atomic mass is 79.9. The lowest BCUT2D eigenvalue weighted by atomic mass is 10.2. The largest absolute Gasteiger partial charge is 0.313 e. The fourth-order valence-corrected chi connectivity index (χ4v) is 1.54. The number of halogens is 3. The van der Waals surface area contributed by atoms with E-state index in [4.69, 9.17) is 11.6 Å². The first-order chi connectivity index (χ1) is 6.34. The van der Waals surface area contributed by atoms with Crippen molar-refractivity contribution in [2.24, 2.45) is 0 Å². The molecule has 1 N–H and O–H groups in total. The SMILES string of the molecule is Br.Clc1ccccc1CNCCCBr. The van der Waals surface area contributed by atoms with Gasteiger partial charge in [-0.3, -0.25) is 0 Å². The van der Waals surface area contributed by atoms with Gasteiger partial charge in [-0.15, -0.1) is 17.0 Å². The molecule has 0 bridgehead atoms. The minimum absolute atomic E-state index is 0. The Bertz CT molecular complexity index is 256. The quantitative estimate of drug-likeness (QED) is 0.633. The Hall–Kier alpha value is 0.430. The average molecular weight is 343 g/mol. The minimum Gasteiger partial charge on any atom is -0.313 e. The maximum Gasteiger partial charge on any atom is 0.0450 e. The summed E-state index contributed by atoms with van der Waals surface area (Å²) in [5.74, 6) is 0. The van der Waals surface area contributed by atoms with Gasteiger partial charge < -0.3 is 5.32 Å². The molecule has 0 aromatic heterocycles. The van der Waals surface area contributed by atoms with E-state index in [1.807, 2.05) is 24.3 Å². The van der Waals surface area contributed by atoms with E-state index < -0.39 is 0 Å². The predicted octanol–water partition coefficient (Wildman–Crippen LogP) is 3.79. The zero-order valence-corrected chi connectivity index (χ0v) is 11.9. The second kappa shape index (κ2) is 8.72. The molecule has 0 aliphatic rings. The molecule has 0 heterocycles. The fourth-order valence-electron chi connectivity index (χ4n) is 1.06. The van der Waals surface area contributed by atoms with Crippen LogP contribution in [0.4, 0.5) is 0 Å². The van der Waals surface area contributed by atoms with Gasteiger partial charge >= 0.3 is 0 Å². The molecule has 1 aromatic rings. The van der Waals surface area contributed by atoms with Crippen LogP contribution in [0.25, 0.3) is 0 Å². The molecule has 0 saturated carbocycles. The Labute approximate surface area is 109 Å². The monoisotopic (exact) mass is 341 g/mol. The van der Waals surface area contributed by atoms with E-state index in [0.29, 0.717) is 0 Å². The van der Waals surface area contributed by atoms with Crippen molar-refractivity contribution in [3.05, 3.63) is 34.9 Å². The Balaban J connectivity index is 0.00000169. The van der Waals surface area contributed by atoms with E-state index in [1.54, 1.807) is 0 Å². The molecule has 1 nitrogen and oxygen atoms in total. The molecule has 0 radical (unpaired) electrons. The van der Waals surface area contributed by atoms with Gasteiger partial charge in [-0.05, 0) is 24.6 Å². The van der Waals surface area contributed by atoms with Gasteiger partial charge in [0.05, 0.1) is 0 Å². The number of hydrogen-bond acceptors (Lipinski definition) is 1. The lowest BCUT2D eigenvalue weighted by Crippen LogP contribution is -2.15. The third-order valence-electron chi connectivity index (χ3n) is 1.76. The first-order valence-electron chi connectivity index (χ1n) is 4.34. The second-order valence-electron chi connectivity index (χ2n) is 2.81. The molecular formula is C10H14Br2ClN. The standard InChI is InChI=1S/C10H13BrClN.BrH/c11-6-3-7-13-8-9-4-1-2-5-10(9)12;/h1-2,4-5,13H,3,6-8H2;1H. The van der Waals surface area contributed by atoms with E-state index in [9.17, 15) is 0 Å². The highest BCUT2D eigenvalue weighted by Crippen LogP contribution is 2.13. The summed E-state index contributed by atoms with van der Waals surface area (Å²) in [6.45, 7) is 1.88. The molecule has 0 fully saturated rings. The molecule has 0 aliphatic carbocycles. The maximum absolute atomic E-state index is 5.99. The normalized spacial score (nSPS) is 9.57. The summed E-state index contributed by atoms with van der Waals surface area (Å²) in [7, 11) is 0. The van der Waals surface area contributed by atoms with Crippen molar-refractivity contribution in [3.8, 4) is 0 Å². The van der Waals surface area contributed by atoms with Crippen molar-refractivity contribution in [2.75, 3.05) is 11.9 Å². The zero-order valence-electron chi connectivity index (χ0n) is 7.80. The molecule has 0 saturated heterocycles. The van der Waals surface area contributed by atoms with Crippen molar-refractivity contribution in [3.63, 3.8) is 0 Å². The van der Waals surface area contributed by atoms with Gasteiger partial charge in [0.15, 0.2) is 0 Å². The number of benzene rings is 1. The molecule has 14 heavy (non-hydrogen) atoms. The summed E-state index contributed by atoms with van der Waals surface area (Å²) in [5.41, 5.74) is 1.17. The number of nitrogens with one attached hydrogen (secondary N) is 1. The van der Waals surface area contributed by atoms with E-state index in [1.165, 1.54) is 5.56 Å². The number of hydrogen-bond donors (Lipinski definition) is 1. The van der Waals surface area contributed by atoms with Crippen LogP contribution in [-0.2, 0) is 6.54 Å². The van der Waals surface area contributed by atoms with Gasteiger partial charge in [0, 0.05) is 16.9 Å². The Morgan fingerprint density at radius 2 is 2.00 bits per heavy atom. The van der Waals surface area contributed by atoms with Crippen LogP contribution < -0.4 is 5.32 Å². The first-order valence-corrected chi connectivity index (χ1v) is 5.84. The third-order valence-corrected chi connectivity index (χ3v) is 2.69. The third kappa shape index (κ3) is 5.35. The summed E-state index contributed by atoms with van der Waals surface area (Å²) >= 11 is 9.37. The van der Waals surface area contributed by atoms with Crippen LogP contribution in [0, 0.1) is 0 Å². The number of alkyl halides is 1. The van der Waals surface area contributed by atoms with Crippen LogP contribution in [0.5, 0.6) is 0 Å². The molecule has 0 spiro atoms. The van der Waals surface area contributed by atoms with E-state index in [0.717, 1.165) is 29.9 Å². The second-order valence-corrected chi connectivity index (χ2v) is 4.01. The van der Waals surface area contributed by atoms with E-state index in [-0.39, 0.29) is 17.0 Å². The smallest absolute Gasteiger partial charge is 0.0450 e. The highest BCUT2D eigenvalue weighted by molar-refractivity contribution is 9.09. The van der Waals surface area contributed by atoms with Crippen LogP contribution >= 0.6 is 44.5 Å². The lowest BCUT2D eigenvalue weighted by Gasteiger charge is -2.04. The molecule has 1 rings (SSSR count). The van der Waals surface area contributed by atoms with Gasteiger partial charge in [0.25, 0.3) is 0 Å². The van der Waals surface area contributed by atoms with Crippen molar-refractivity contribution in [1.29, 1.82) is 0 Å². The van der Waals surface area contributed by atoms with E-state index in [2.05, 4.69) is 21.2 Å². The summed E-state index contributed by atoms with van der Waals surface area (Å²) in [5, 5.41) is 5.21. The number of rotatable bonds is 5. The van der Waals surface area contributed by atoms with Crippen molar-refractivity contribution >= 4 is 44.5 Å². The highest BCUT2D eigenvalue weighted by Gasteiger charge is 1.96. The minimum atomic E-state index is 0. The van der Waals surface area contributed by atoms with Crippen LogP contribution in [-0.4, -0.2) is 11.9 Å². The van der Waals surface area contributed by atoms with Crippen LogP contribution in [0.15, 0.2) is 24.3 Å². The Morgan fingerprint density at radius 3 is 2.64 bits per heavy atom. The van der Waals surface area contributed by atoms with Crippen LogP contribution in [0.1, 0.15) is 12.0 Å². The Morgan fingerprint density at radius 1 is 1.29 bits per heavy atom. The summed E-state index contributed by atoms with van der Waals surface area (Å²) in [6, 6.07) is 7.92. The summed E-state index contributed by atoms with van der Waals surface area (Å²) < 4.78 is 0. The van der Waals surface area contributed by atoms with Gasteiger partial charge in [0.1, 0.15) is 0 Å². The topological polar surface area (TPSA) is 12.0 Å². The van der Waals surface area contributed by atoms with Gasteiger partial charge in [-0.1, -0.05) is 45.7 Å². The molecular weight excluding hydrogens is 329 g/mol. The molecule has 80 valence electrons. The molecule has 0 atom stereocenters. The maximum atomic E-state index is 5.99. The van der Waals surface area contributed by atoms with Gasteiger partial charge in [-0.25, -0.2) is 0 Å². The van der Waals surface area contributed by atoms with Crippen LogP contribution in [0.3, 0.4) is 0 Å². The van der Waals surface area contributed by atoms with Crippen molar-refractivity contribution < 1.29 is 0 Å². The average Bonchev–Trinajstić information content (AvgIpc) is 2.15. The predicted molar refractivity (Wildman–Crippen MR) is 71.9 cm³/mol. The molecule has 1 aromatic carbocycles. The molecule has 0 aliphatic heterocycles. The van der Waals surface area contributed by atoms with Crippen molar-refractivity contribution in [2.45, 2.75) is 13.0 Å². The van der Waals surface area contributed by atoms with E-state index >= 15 is 0 Å².